The normalized spacial score (nSPS) is 35.2. The van der Waals surface area contributed by atoms with Gasteiger partial charge < -0.3 is 10.2 Å². The lowest BCUT2D eigenvalue weighted by Crippen LogP contribution is -2.69. The third kappa shape index (κ3) is 3.03. The number of nitrogens with zero attached hydrogens (tertiary/aromatic N) is 3. The summed E-state index contributed by atoms with van der Waals surface area (Å²) in [5.74, 6) is 1.53. The molecule has 1 aliphatic heterocycles. The van der Waals surface area contributed by atoms with Crippen molar-refractivity contribution in [2.75, 3.05) is 37.4 Å². The Hall–Kier alpha value is -2.40. The van der Waals surface area contributed by atoms with Gasteiger partial charge in [-0.15, -0.1) is 4.91 Å². The topological polar surface area (TPSA) is 47.9 Å². The van der Waals surface area contributed by atoms with Crippen molar-refractivity contribution >= 4 is 17.1 Å². The second kappa shape index (κ2) is 7.80. The molecule has 7 rings (SSSR count). The minimum absolute atomic E-state index is 0.162. The number of nitrogens with one attached hydrogen (secondary N) is 1. The Bertz CT molecular complexity index is 1160. The first-order valence-electron chi connectivity index (χ1n) is 13.8. The lowest BCUT2D eigenvalue weighted by molar-refractivity contribution is -0.0907. The minimum Gasteiger partial charge on any atom is -0.380 e. The molecule has 2 aromatic carbocycles. The fourth-order valence-electron chi connectivity index (χ4n) is 9.21. The van der Waals surface area contributed by atoms with Crippen molar-refractivity contribution < 1.29 is 0 Å². The molecule has 5 atom stereocenters. The standard InChI is InChI=1S/C30H38N4O/c1-33(2)27-6-4-3-5-26(27)31-25-12-14-29-13-11-23(25)30(29)15-16-34(19-20-7-8-20)28(29)17-21-9-10-22(32-35)18-24(21)30/h3-6,9-10,18,20,23,25,28,31H,7-8,11-17,19H2,1-2H3. The van der Waals surface area contributed by atoms with E-state index >= 15 is 0 Å². The van der Waals surface area contributed by atoms with E-state index < -0.39 is 0 Å². The third-order valence-electron chi connectivity index (χ3n) is 10.7. The lowest BCUT2D eigenvalue weighted by atomic mass is 9.43. The molecule has 35 heavy (non-hydrogen) atoms. The first-order valence-corrected chi connectivity index (χ1v) is 13.8. The van der Waals surface area contributed by atoms with Crippen LogP contribution in [0.5, 0.6) is 0 Å². The molecule has 0 spiro atoms. The molecule has 1 N–H and O–H groups in total. The van der Waals surface area contributed by atoms with Gasteiger partial charge in [0.05, 0.1) is 11.4 Å². The quantitative estimate of drug-likeness (QED) is 0.518. The summed E-state index contributed by atoms with van der Waals surface area (Å²) in [4.78, 5) is 16.7. The molecule has 5 aliphatic rings. The Balaban J connectivity index is 1.32. The van der Waals surface area contributed by atoms with E-state index in [1.54, 1.807) is 0 Å². The summed E-state index contributed by atoms with van der Waals surface area (Å²) >= 11 is 0. The van der Waals surface area contributed by atoms with Crippen molar-refractivity contribution in [1.29, 1.82) is 0 Å². The average molecular weight is 471 g/mol. The molecule has 1 saturated heterocycles. The largest absolute Gasteiger partial charge is 0.380 e. The van der Waals surface area contributed by atoms with Gasteiger partial charge in [0.2, 0.25) is 0 Å². The van der Waals surface area contributed by atoms with Crippen LogP contribution in [0.2, 0.25) is 0 Å². The fourth-order valence-corrected chi connectivity index (χ4v) is 9.21. The van der Waals surface area contributed by atoms with Gasteiger partial charge in [0, 0.05) is 38.1 Å². The minimum atomic E-state index is 0.162. The molecule has 5 heteroatoms. The van der Waals surface area contributed by atoms with Crippen molar-refractivity contribution in [3.8, 4) is 0 Å². The van der Waals surface area contributed by atoms with Gasteiger partial charge in [0.1, 0.15) is 5.69 Å². The highest BCUT2D eigenvalue weighted by Gasteiger charge is 2.71. The van der Waals surface area contributed by atoms with Crippen LogP contribution in [0.1, 0.15) is 56.1 Å². The van der Waals surface area contributed by atoms with Crippen molar-refractivity contribution in [2.45, 2.75) is 68.9 Å². The summed E-state index contributed by atoms with van der Waals surface area (Å²) in [5.41, 5.74) is 6.59. The lowest BCUT2D eigenvalue weighted by Gasteiger charge is -2.66. The van der Waals surface area contributed by atoms with E-state index in [1.165, 1.54) is 80.5 Å². The Kier molecular flexibility index (Phi) is 4.87. The van der Waals surface area contributed by atoms with Crippen LogP contribution in [0.3, 0.4) is 0 Å². The highest BCUT2D eigenvalue weighted by Crippen LogP contribution is 2.72. The summed E-state index contributed by atoms with van der Waals surface area (Å²) in [6.45, 7) is 2.51. The van der Waals surface area contributed by atoms with Gasteiger partial charge in [-0.2, -0.15) is 0 Å². The Labute approximate surface area is 209 Å². The first-order chi connectivity index (χ1) is 17.1. The van der Waals surface area contributed by atoms with Gasteiger partial charge in [0.15, 0.2) is 0 Å². The second-order valence-electron chi connectivity index (χ2n) is 12.3. The predicted molar refractivity (Wildman–Crippen MR) is 143 cm³/mol. The van der Waals surface area contributed by atoms with E-state index in [9.17, 15) is 4.91 Å². The van der Waals surface area contributed by atoms with E-state index in [-0.39, 0.29) is 5.41 Å². The summed E-state index contributed by atoms with van der Waals surface area (Å²) in [6.07, 6.45) is 10.4. The van der Waals surface area contributed by atoms with Crippen molar-refractivity contribution in [2.24, 2.45) is 22.4 Å². The molecule has 4 fully saturated rings. The molecule has 184 valence electrons. The molecular weight excluding hydrogens is 432 g/mol. The summed E-state index contributed by atoms with van der Waals surface area (Å²) < 4.78 is 0. The molecule has 2 aromatic rings. The van der Waals surface area contributed by atoms with Crippen LogP contribution >= 0.6 is 0 Å². The van der Waals surface area contributed by atoms with Gasteiger partial charge in [-0.3, -0.25) is 4.90 Å². The number of likely N-dealkylation sites (tertiary alicyclic amines) is 1. The van der Waals surface area contributed by atoms with Crippen LogP contribution in [-0.2, 0) is 11.8 Å². The van der Waals surface area contributed by atoms with E-state index in [0.717, 1.165) is 12.3 Å². The van der Waals surface area contributed by atoms with Crippen molar-refractivity contribution in [1.82, 2.24) is 4.90 Å². The number of benzene rings is 2. The number of hydrogen-bond donors (Lipinski definition) is 1. The third-order valence-corrected chi connectivity index (χ3v) is 10.7. The zero-order chi connectivity index (χ0) is 23.8. The van der Waals surface area contributed by atoms with Crippen molar-refractivity contribution in [3.05, 3.63) is 58.5 Å². The summed E-state index contributed by atoms with van der Waals surface area (Å²) in [5, 5.41) is 7.44. The number of para-hydroxylation sites is 2. The van der Waals surface area contributed by atoms with E-state index in [1.807, 2.05) is 6.07 Å². The number of fused-ring (bicyclic) bond motifs is 1. The zero-order valence-electron chi connectivity index (χ0n) is 21.2. The monoisotopic (exact) mass is 470 g/mol. The van der Waals surface area contributed by atoms with Gasteiger partial charge in [-0.05, 0) is 116 Å². The second-order valence-corrected chi connectivity index (χ2v) is 12.3. The number of anilines is 2. The fraction of sp³-hybridized carbons (Fsp3) is 0.600. The number of hydrogen-bond acceptors (Lipinski definition) is 5. The van der Waals surface area contributed by atoms with Gasteiger partial charge >= 0.3 is 0 Å². The maximum atomic E-state index is 11.6. The van der Waals surface area contributed by atoms with Gasteiger partial charge in [-0.1, -0.05) is 18.2 Å². The van der Waals surface area contributed by atoms with Crippen LogP contribution in [0, 0.1) is 22.2 Å². The van der Waals surface area contributed by atoms with Crippen molar-refractivity contribution in [3.63, 3.8) is 0 Å². The summed E-state index contributed by atoms with van der Waals surface area (Å²) in [7, 11) is 4.26. The van der Waals surface area contributed by atoms with E-state index in [0.29, 0.717) is 29.1 Å². The van der Waals surface area contributed by atoms with Crippen LogP contribution in [0.15, 0.2) is 47.6 Å². The van der Waals surface area contributed by atoms with Crippen LogP contribution in [-0.4, -0.2) is 44.2 Å². The van der Waals surface area contributed by atoms with Crippen LogP contribution in [0.25, 0.3) is 0 Å². The molecule has 5 nitrogen and oxygen atoms in total. The number of piperidine rings is 1. The molecule has 3 saturated carbocycles. The van der Waals surface area contributed by atoms with E-state index in [4.69, 9.17) is 0 Å². The molecule has 0 aromatic heterocycles. The summed E-state index contributed by atoms with van der Waals surface area (Å²) in [6, 6.07) is 16.2. The van der Waals surface area contributed by atoms with Crippen LogP contribution < -0.4 is 10.2 Å². The maximum Gasteiger partial charge on any atom is 0.108 e. The molecule has 4 bridgehead atoms. The Morgan fingerprint density at radius 1 is 1.06 bits per heavy atom. The Morgan fingerprint density at radius 3 is 2.69 bits per heavy atom. The number of rotatable bonds is 6. The molecule has 5 unspecified atom stereocenters. The van der Waals surface area contributed by atoms with Gasteiger partial charge in [-0.25, -0.2) is 0 Å². The van der Waals surface area contributed by atoms with E-state index in [2.05, 4.69) is 70.8 Å². The highest BCUT2D eigenvalue weighted by molar-refractivity contribution is 5.70. The average Bonchev–Trinajstić information content (AvgIpc) is 3.65. The maximum absolute atomic E-state index is 11.6. The molecular formula is C30H38N4O. The predicted octanol–water partition coefficient (Wildman–Crippen LogP) is 6.10. The smallest absolute Gasteiger partial charge is 0.108 e. The highest BCUT2D eigenvalue weighted by atomic mass is 16.3. The molecule has 1 heterocycles. The SMILES string of the molecule is CN(C)c1ccccc1NC1CCC23CCC1C21CCN(CC2CC2)C3Cc2ccc(N=O)cc21. The molecule has 0 radical (unpaired) electrons. The first kappa shape index (κ1) is 21.8. The van der Waals surface area contributed by atoms with Crippen LogP contribution in [0.4, 0.5) is 17.1 Å². The molecule has 0 amide bonds. The zero-order valence-corrected chi connectivity index (χ0v) is 21.2. The van der Waals surface area contributed by atoms with Gasteiger partial charge in [0.25, 0.3) is 0 Å². The Morgan fingerprint density at radius 2 is 1.89 bits per heavy atom. The number of nitroso groups, excluding NO2 is 1. The molecule has 4 aliphatic carbocycles.